The third-order valence-corrected chi connectivity index (χ3v) is 10.7. The lowest BCUT2D eigenvalue weighted by molar-refractivity contribution is 0.525. The van der Waals surface area contributed by atoms with Crippen molar-refractivity contribution in [3.05, 3.63) is 23.8 Å². The van der Waals surface area contributed by atoms with Gasteiger partial charge in [-0.25, -0.2) is 0 Å². The van der Waals surface area contributed by atoms with Crippen molar-refractivity contribution in [3.63, 3.8) is 0 Å². The molecule has 0 rings (SSSR count). The Hall–Kier alpha value is -0.0900. The molecule has 0 bridgehead atoms. The van der Waals surface area contributed by atoms with Gasteiger partial charge in [-0.2, -0.15) is 0 Å². The van der Waals surface area contributed by atoms with Crippen molar-refractivity contribution in [2.75, 3.05) is 0 Å². The predicted octanol–water partition coefficient (Wildman–Crippen LogP) is 17.6. The SMILES string of the molecule is CCCCCCCCCCCCCCCCCCCC/C=C/P/C=C/CCCCCCCCCCCCCCCCCCCC. The number of hydrogen-bond acceptors (Lipinski definition) is 0. The van der Waals surface area contributed by atoms with Crippen molar-refractivity contribution in [1.29, 1.82) is 0 Å². The molecular formula is C44H87P. The van der Waals surface area contributed by atoms with E-state index in [9.17, 15) is 0 Å². The van der Waals surface area contributed by atoms with Gasteiger partial charge in [0.15, 0.2) is 0 Å². The smallest absolute Gasteiger partial charge is 0.0347 e. The van der Waals surface area contributed by atoms with Crippen LogP contribution in [-0.2, 0) is 0 Å². The highest BCUT2D eigenvalue weighted by molar-refractivity contribution is 7.45. The third kappa shape index (κ3) is 43.9. The van der Waals surface area contributed by atoms with Crippen molar-refractivity contribution in [2.24, 2.45) is 0 Å². The average molecular weight is 647 g/mol. The van der Waals surface area contributed by atoms with Crippen LogP contribution in [-0.4, -0.2) is 0 Å². The van der Waals surface area contributed by atoms with E-state index in [1.165, 1.54) is 244 Å². The van der Waals surface area contributed by atoms with Gasteiger partial charge in [0.05, 0.1) is 0 Å². The minimum Gasteiger partial charge on any atom is -0.0840 e. The van der Waals surface area contributed by atoms with Crippen LogP contribution in [0.15, 0.2) is 23.8 Å². The Bertz CT molecular complexity index is 501. The fourth-order valence-corrected chi connectivity index (χ4v) is 7.40. The van der Waals surface area contributed by atoms with Gasteiger partial charge in [-0.15, -0.1) is 0 Å². The molecule has 0 aromatic carbocycles. The first-order chi connectivity index (χ1) is 22.4. The summed E-state index contributed by atoms with van der Waals surface area (Å²) in [5, 5.41) is 0. The molecule has 0 spiro atoms. The molecule has 45 heavy (non-hydrogen) atoms. The molecule has 0 heterocycles. The zero-order valence-corrected chi connectivity index (χ0v) is 32.7. The lowest BCUT2D eigenvalue weighted by Gasteiger charge is -2.03. The van der Waals surface area contributed by atoms with Crippen LogP contribution in [0.4, 0.5) is 0 Å². The van der Waals surface area contributed by atoms with Gasteiger partial charge in [0.1, 0.15) is 0 Å². The Morgan fingerprint density at radius 3 is 0.622 bits per heavy atom. The molecule has 268 valence electrons. The fourth-order valence-electron chi connectivity index (χ4n) is 6.69. The minimum atomic E-state index is 0.892. The lowest BCUT2D eigenvalue weighted by Crippen LogP contribution is -1.84. The number of hydrogen-bond donors (Lipinski definition) is 0. The summed E-state index contributed by atoms with van der Waals surface area (Å²) in [6.07, 6.45) is 60.0. The van der Waals surface area contributed by atoms with Crippen LogP contribution < -0.4 is 0 Å². The zero-order chi connectivity index (χ0) is 32.4. The second kappa shape index (κ2) is 43.9. The molecule has 0 saturated heterocycles. The lowest BCUT2D eigenvalue weighted by atomic mass is 10.0. The van der Waals surface area contributed by atoms with E-state index >= 15 is 0 Å². The van der Waals surface area contributed by atoms with E-state index in [1.54, 1.807) is 0 Å². The van der Waals surface area contributed by atoms with Gasteiger partial charge in [-0.05, 0) is 25.7 Å². The quantitative estimate of drug-likeness (QED) is 0.0459. The molecule has 0 saturated carbocycles. The normalized spacial score (nSPS) is 12.0. The molecule has 0 fully saturated rings. The highest BCUT2D eigenvalue weighted by atomic mass is 31.1. The average Bonchev–Trinajstić information content (AvgIpc) is 3.05. The van der Waals surface area contributed by atoms with E-state index < -0.39 is 0 Å². The Kier molecular flexibility index (Phi) is 43.8. The Morgan fingerprint density at radius 1 is 0.244 bits per heavy atom. The first-order valence-corrected chi connectivity index (χ1v) is 22.6. The highest BCUT2D eigenvalue weighted by Gasteiger charge is 1.96. The second-order valence-electron chi connectivity index (χ2n) is 14.6. The summed E-state index contributed by atoms with van der Waals surface area (Å²) in [6.45, 7) is 4.62. The second-order valence-corrected chi connectivity index (χ2v) is 15.6. The number of unbranched alkanes of at least 4 members (excludes halogenated alkanes) is 36. The molecule has 0 aliphatic rings. The maximum Gasteiger partial charge on any atom is -0.0347 e. The summed E-state index contributed by atoms with van der Waals surface area (Å²) in [5.41, 5.74) is 0. The van der Waals surface area contributed by atoms with Crippen LogP contribution in [0.3, 0.4) is 0 Å². The van der Waals surface area contributed by atoms with E-state index in [1.807, 2.05) is 0 Å². The van der Waals surface area contributed by atoms with Crippen LogP contribution in [0.2, 0.25) is 0 Å². The van der Waals surface area contributed by atoms with E-state index in [-0.39, 0.29) is 0 Å². The van der Waals surface area contributed by atoms with Crippen molar-refractivity contribution in [1.82, 2.24) is 0 Å². The Labute approximate surface area is 289 Å². The van der Waals surface area contributed by atoms with Gasteiger partial charge < -0.3 is 0 Å². The molecule has 0 aliphatic carbocycles. The molecule has 0 nitrogen and oxygen atoms in total. The van der Waals surface area contributed by atoms with Crippen molar-refractivity contribution in [2.45, 2.75) is 258 Å². The molecule has 1 heteroatoms. The van der Waals surface area contributed by atoms with Crippen LogP contribution in [0, 0.1) is 0 Å². The molecule has 0 aliphatic heterocycles. The fraction of sp³-hybridized carbons (Fsp3) is 0.909. The van der Waals surface area contributed by atoms with Gasteiger partial charge in [0, 0.05) is 0 Å². The van der Waals surface area contributed by atoms with Crippen molar-refractivity contribution < 1.29 is 0 Å². The predicted molar refractivity (Wildman–Crippen MR) is 213 cm³/mol. The summed E-state index contributed by atoms with van der Waals surface area (Å²) in [7, 11) is 0.892. The first-order valence-electron chi connectivity index (χ1n) is 21.5. The van der Waals surface area contributed by atoms with Gasteiger partial charge in [0.25, 0.3) is 0 Å². The van der Waals surface area contributed by atoms with Crippen LogP contribution in [0.5, 0.6) is 0 Å². The Balaban J connectivity index is 3.14. The molecule has 0 N–H and O–H groups in total. The van der Waals surface area contributed by atoms with Crippen molar-refractivity contribution in [3.8, 4) is 0 Å². The monoisotopic (exact) mass is 647 g/mol. The largest absolute Gasteiger partial charge is 0.0840 e. The molecular weight excluding hydrogens is 559 g/mol. The molecule has 0 unspecified atom stereocenters. The van der Waals surface area contributed by atoms with Gasteiger partial charge in [-0.3, -0.25) is 0 Å². The van der Waals surface area contributed by atoms with Crippen LogP contribution in [0.1, 0.15) is 258 Å². The summed E-state index contributed by atoms with van der Waals surface area (Å²) >= 11 is 0. The van der Waals surface area contributed by atoms with Gasteiger partial charge in [-0.1, -0.05) is 265 Å². The topological polar surface area (TPSA) is 0 Å². The highest BCUT2D eigenvalue weighted by Crippen LogP contribution is 2.18. The van der Waals surface area contributed by atoms with E-state index in [0.717, 1.165) is 8.58 Å². The zero-order valence-electron chi connectivity index (χ0n) is 31.7. The van der Waals surface area contributed by atoms with Gasteiger partial charge in [0.2, 0.25) is 0 Å². The molecule has 0 aromatic heterocycles. The molecule has 0 radical (unpaired) electrons. The summed E-state index contributed by atoms with van der Waals surface area (Å²) in [5.74, 6) is 4.83. The third-order valence-electron chi connectivity index (χ3n) is 9.88. The van der Waals surface area contributed by atoms with Crippen LogP contribution in [0.25, 0.3) is 0 Å². The van der Waals surface area contributed by atoms with Gasteiger partial charge >= 0.3 is 0 Å². The number of rotatable bonds is 40. The summed E-state index contributed by atoms with van der Waals surface area (Å²) in [4.78, 5) is 0. The summed E-state index contributed by atoms with van der Waals surface area (Å²) in [6, 6.07) is 0. The van der Waals surface area contributed by atoms with Crippen LogP contribution >= 0.6 is 8.58 Å². The first kappa shape index (κ1) is 44.9. The minimum absolute atomic E-state index is 0.892. The molecule has 0 aromatic rings. The van der Waals surface area contributed by atoms with E-state index in [2.05, 4.69) is 37.6 Å². The van der Waals surface area contributed by atoms with E-state index in [4.69, 9.17) is 0 Å². The standard InChI is InChI=1S/C44H87P/c1-3-5-7-9-11-13-15-17-19-21-23-25-27-29-31-33-35-37-39-41-43-45-44-42-40-38-36-34-32-30-28-26-24-22-20-18-16-14-12-10-8-6-4-2/h41-45H,3-40H2,1-2H3/b43-41+,44-42+. The van der Waals surface area contributed by atoms with Crippen molar-refractivity contribution >= 4 is 8.58 Å². The maximum atomic E-state index is 2.44. The number of allylic oxidation sites excluding steroid dienone is 2. The maximum absolute atomic E-state index is 2.44. The molecule has 0 atom stereocenters. The summed E-state index contributed by atoms with van der Waals surface area (Å²) < 4.78 is 0. The Morgan fingerprint density at radius 2 is 0.422 bits per heavy atom. The molecule has 0 amide bonds. The van der Waals surface area contributed by atoms with E-state index in [0.29, 0.717) is 0 Å².